The number of hydrogen-bond donors (Lipinski definition) is 1. The van der Waals surface area contributed by atoms with Crippen LogP contribution < -0.4 is 10.2 Å². The van der Waals surface area contributed by atoms with Crippen LogP contribution in [0.5, 0.6) is 0 Å². The van der Waals surface area contributed by atoms with Crippen LogP contribution >= 0.6 is 23.2 Å². The summed E-state index contributed by atoms with van der Waals surface area (Å²) in [4.78, 5) is 2.62. The minimum absolute atomic E-state index is 0.631. The number of halogens is 2. The van der Waals surface area contributed by atoms with Gasteiger partial charge >= 0.3 is 0 Å². The first kappa shape index (κ1) is 15.1. The van der Waals surface area contributed by atoms with E-state index in [1.165, 1.54) is 41.9 Å². The lowest BCUT2D eigenvalue weighted by Gasteiger charge is -2.42. The summed E-state index contributed by atoms with van der Waals surface area (Å²) in [6.07, 6.45) is 2.40. The molecule has 2 aromatic rings. The molecule has 2 atom stereocenters. The van der Waals surface area contributed by atoms with E-state index in [-0.39, 0.29) is 0 Å². The minimum Gasteiger partial charge on any atom is -0.371 e. The summed E-state index contributed by atoms with van der Waals surface area (Å²) < 4.78 is 0. The molecule has 0 radical (unpaired) electrons. The Kier molecular flexibility index (Phi) is 3.55. The summed E-state index contributed by atoms with van der Waals surface area (Å²) in [6.45, 7) is 4.63. The van der Waals surface area contributed by atoms with Crippen LogP contribution in [0.3, 0.4) is 0 Å². The van der Waals surface area contributed by atoms with Gasteiger partial charge in [0.15, 0.2) is 0 Å². The van der Waals surface area contributed by atoms with Gasteiger partial charge in [-0.2, -0.15) is 0 Å². The van der Waals surface area contributed by atoms with Crippen LogP contribution in [0.2, 0.25) is 10.0 Å². The molecular weight excluding hydrogens is 339 g/mol. The second-order valence-electron chi connectivity index (χ2n) is 7.27. The van der Waals surface area contributed by atoms with Crippen LogP contribution in [0.4, 0.5) is 5.69 Å². The summed E-state index contributed by atoms with van der Waals surface area (Å²) in [5, 5.41) is 5.11. The number of nitrogens with zero attached hydrogens (tertiary/aromatic N) is 1. The van der Waals surface area contributed by atoms with Crippen LogP contribution in [-0.4, -0.2) is 26.2 Å². The molecular formula is C20H20Cl2N2. The van der Waals surface area contributed by atoms with Gasteiger partial charge in [0.05, 0.1) is 0 Å². The number of hydrogen-bond acceptors (Lipinski definition) is 2. The Labute approximate surface area is 152 Å². The van der Waals surface area contributed by atoms with E-state index in [0.29, 0.717) is 5.92 Å². The Balaban J connectivity index is 1.72. The monoisotopic (exact) mass is 358 g/mol. The highest BCUT2D eigenvalue weighted by molar-refractivity contribution is 6.35. The maximum absolute atomic E-state index is 6.48. The molecule has 2 nitrogen and oxygen atoms in total. The fraction of sp³-hybridized carbons (Fsp3) is 0.400. The molecule has 2 aromatic carbocycles. The lowest BCUT2D eigenvalue weighted by Crippen LogP contribution is -2.40. The second-order valence-corrected chi connectivity index (χ2v) is 8.12. The van der Waals surface area contributed by atoms with E-state index in [1.807, 2.05) is 18.2 Å². The molecule has 0 aliphatic carbocycles. The van der Waals surface area contributed by atoms with Crippen molar-refractivity contribution in [1.82, 2.24) is 5.32 Å². The third-order valence-corrected chi connectivity index (χ3v) is 6.41. The molecule has 1 fully saturated rings. The smallest absolute Gasteiger partial charge is 0.0485 e. The van der Waals surface area contributed by atoms with E-state index in [9.17, 15) is 0 Å². The lowest BCUT2D eigenvalue weighted by atomic mass is 9.79. The van der Waals surface area contributed by atoms with E-state index < -0.39 is 0 Å². The normalized spacial score (nSPS) is 24.7. The maximum Gasteiger partial charge on any atom is 0.0485 e. The van der Waals surface area contributed by atoms with Gasteiger partial charge in [0.2, 0.25) is 0 Å². The van der Waals surface area contributed by atoms with Gasteiger partial charge in [-0.15, -0.1) is 0 Å². The first-order valence-corrected chi connectivity index (χ1v) is 9.54. The molecule has 0 bridgehead atoms. The van der Waals surface area contributed by atoms with Crippen molar-refractivity contribution in [3.8, 4) is 11.1 Å². The number of nitrogens with one attached hydrogen (secondary N) is 1. The zero-order chi connectivity index (χ0) is 16.3. The zero-order valence-corrected chi connectivity index (χ0v) is 15.0. The molecule has 0 saturated carbocycles. The van der Waals surface area contributed by atoms with Crippen molar-refractivity contribution >= 4 is 28.9 Å². The highest BCUT2D eigenvalue weighted by atomic mass is 35.5. The standard InChI is InChI=1S/C20H20Cl2N2/c21-15-3-4-19(22)16(8-15)13-6-12-2-1-5-24-11-14-9-23-10-18(14)17(7-13)20(12)24/h3-4,6-8,14,18,23H,1-2,5,9-11H2/t14-,18-/m1/s1. The van der Waals surface area contributed by atoms with Gasteiger partial charge in [-0.3, -0.25) is 0 Å². The Morgan fingerprint density at radius 2 is 2.00 bits per heavy atom. The molecule has 4 heteroatoms. The largest absolute Gasteiger partial charge is 0.371 e. The summed E-state index contributed by atoms with van der Waals surface area (Å²) in [6, 6.07) is 10.5. The van der Waals surface area contributed by atoms with E-state index in [0.717, 1.165) is 41.0 Å². The SMILES string of the molecule is Clc1ccc(Cl)c(-c2cc3c4c(c2)[C@@H]2CNC[C@@H]2CN4CCC3)c1. The first-order valence-electron chi connectivity index (χ1n) is 8.78. The van der Waals surface area contributed by atoms with Gasteiger partial charge < -0.3 is 10.2 Å². The van der Waals surface area contributed by atoms with Crippen LogP contribution in [0, 0.1) is 5.92 Å². The van der Waals surface area contributed by atoms with E-state index in [2.05, 4.69) is 22.3 Å². The van der Waals surface area contributed by atoms with Crippen LogP contribution in [0.15, 0.2) is 30.3 Å². The predicted octanol–water partition coefficient (Wildman–Crippen LogP) is 4.73. The lowest BCUT2D eigenvalue weighted by molar-refractivity contribution is 0.470. The molecule has 3 aliphatic heterocycles. The Morgan fingerprint density at radius 1 is 1.08 bits per heavy atom. The molecule has 0 spiro atoms. The molecule has 0 unspecified atom stereocenters. The van der Waals surface area contributed by atoms with Crippen molar-refractivity contribution in [2.75, 3.05) is 31.1 Å². The number of aryl methyl sites for hydroxylation is 1. The summed E-state index contributed by atoms with van der Waals surface area (Å²) in [7, 11) is 0. The molecule has 0 amide bonds. The minimum atomic E-state index is 0.631. The highest BCUT2D eigenvalue weighted by Crippen LogP contribution is 2.47. The molecule has 3 heterocycles. The fourth-order valence-corrected chi connectivity index (χ4v) is 5.18. The van der Waals surface area contributed by atoms with Crippen molar-refractivity contribution in [3.05, 3.63) is 51.5 Å². The molecule has 1 N–H and O–H groups in total. The molecule has 0 aromatic heterocycles. The average Bonchev–Trinajstić information content (AvgIpc) is 3.06. The number of fused-ring (bicyclic) bond motifs is 2. The quantitative estimate of drug-likeness (QED) is 0.792. The molecule has 3 aliphatic rings. The number of rotatable bonds is 1. The van der Waals surface area contributed by atoms with Crippen molar-refractivity contribution in [1.29, 1.82) is 0 Å². The fourth-order valence-electron chi connectivity index (χ4n) is 4.78. The van der Waals surface area contributed by atoms with E-state index in [4.69, 9.17) is 23.2 Å². The Bertz CT molecular complexity index is 818. The summed E-state index contributed by atoms with van der Waals surface area (Å²) >= 11 is 12.7. The maximum atomic E-state index is 6.48. The van der Waals surface area contributed by atoms with Gasteiger partial charge in [0, 0.05) is 53.4 Å². The first-order chi connectivity index (χ1) is 11.7. The van der Waals surface area contributed by atoms with Crippen molar-refractivity contribution in [3.63, 3.8) is 0 Å². The topological polar surface area (TPSA) is 15.3 Å². The molecule has 124 valence electrons. The predicted molar refractivity (Wildman–Crippen MR) is 102 cm³/mol. The number of anilines is 1. The van der Waals surface area contributed by atoms with Gasteiger partial charge in [-0.05, 0) is 65.8 Å². The molecule has 5 rings (SSSR count). The summed E-state index contributed by atoms with van der Waals surface area (Å²) in [5.74, 6) is 1.36. The van der Waals surface area contributed by atoms with Crippen molar-refractivity contribution < 1.29 is 0 Å². The highest BCUT2D eigenvalue weighted by Gasteiger charge is 2.38. The van der Waals surface area contributed by atoms with Crippen LogP contribution in [-0.2, 0) is 6.42 Å². The van der Waals surface area contributed by atoms with Crippen molar-refractivity contribution in [2.24, 2.45) is 5.92 Å². The molecule has 24 heavy (non-hydrogen) atoms. The van der Waals surface area contributed by atoms with Gasteiger partial charge in [-0.1, -0.05) is 23.2 Å². The van der Waals surface area contributed by atoms with E-state index >= 15 is 0 Å². The van der Waals surface area contributed by atoms with Gasteiger partial charge in [0.1, 0.15) is 0 Å². The zero-order valence-electron chi connectivity index (χ0n) is 13.5. The summed E-state index contributed by atoms with van der Waals surface area (Å²) in [5.41, 5.74) is 6.77. The van der Waals surface area contributed by atoms with Gasteiger partial charge in [-0.25, -0.2) is 0 Å². The average molecular weight is 359 g/mol. The van der Waals surface area contributed by atoms with Crippen LogP contribution in [0.25, 0.3) is 11.1 Å². The number of benzene rings is 2. The Morgan fingerprint density at radius 3 is 2.92 bits per heavy atom. The third-order valence-electron chi connectivity index (χ3n) is 5.84. The molecule has 1 saturated heterocycles. The van der Waals surface area contributed by atoms with Crippen molar-refractivity contribution in [2.45, 2.75) is 18.8 Å². The van der Waals surface area contributed by atoms with Gasteiger partial charge in [0.25, 0.3) is 0 Å². The Hall–Kier alpha value is -1.22. The third kappa shape index (κ3) is 2.28. The van der Waals surface area contributed by atoms with Crippen LogP contribution in [0.1, 0.15) is 23.5 Å². The van der Waals surface area contributed by atoms with E-state index in [1.54, 1.807) is 0 Å². The second kappa shape index (κ2) is 5.66.